The molecule has 3 heteroatoms. The van der Waals surface area contributed by atoms with E-state index in [2.05, 4.69) is 42.2 Å². The zero-order chi connectivity index (χ0) is 11.5. The van der Waals surface area contributed by atoms with Crippen molar-refractivity contribution in [2.45, 2.75) is 38.8 Å². The summed E-state index contributed by atoms with van der Waals surface area (Å²) >= 11 is 0. The maximum Gasteiger partial charge on any atom is 0.126 e. The second-order valence-electron chi connectivity index (χ2n) is 4.91. The molecule has 16 heavy (non-hydrogen) atoms. The van der Waals surface area contributed by atoms with E-state index in [0.29, 0.717) is 12.1 Å². The van der Waals surface area contributed by atoms with Crippen LogP contribution in [0.4, 0.5) is 5.82 Å². The van der Waals surface area contributed by atoms with Crippen molar-refractivity contribution < 1.29 is 0 Å². The fraction of sp³-hybridized carbons (Fsp3) is 0.615. The number of hydrogen-bond donors (Lipinski definition) is 1. The van der Waals surface area contributed by atoms with Gasteiger partial charge in [-0.3, -0.25) is 0 Å². The van der Waals surface area contributed by atoms with E-state index in [1.54, 1.807) is 0 Å². The molecule has 3 nitrogen and oxygen atoms in total. The predicted molar refractivity (Wildman–Crippen MR) is 67.7 cm³/mol. The minimum Gasteiger partial charge on any atom is -0.367 e. The normalized spacial score (nSPS) is 26.7. The highest BCUT2D eigenvalue weighted by Gasteiger charge is 2.22. The van der Waals surface area contributed by atoms with Gasteiger partial charge in [0.05, 0.1) is 0 Å². The topological polar surface area (TPSA) is 28.2 Å². The number of nitrogens with zero attached hydrogens (tertiary/aromatic N) is 2. The summed E-state index contributed by atoms with van der Waals surface area (Å²) in [4.78, 5) is 6.77. The fourth-order valence-corrected chi connectivity index (χ4v) is 2.24. The molecule has 0 radical (unpaired) electrons. The molecule has 0 bridgehead atoms. The van der Waals surface area contributed by atoms with Gasteiger partial charge in [0.1, 0.15) is 5.82 Å². The number of anilines is 1. The summed E-state index contributed by atoms with van der Waals surface area (Å²) in [5.41, 5.74) is 1.26. The molecule has 1 aromatic rings. The van der Waals surface area contributed by atoms with Gasteiger partial charge in [0, 0.05) is 24.8 Å². The third-order valence-electron chi connectivity index (χ3n) is 3.48. The number of rotatable bonds is 2. The lowest BCUT2D eigenvalue weighted by molar-refractivity contribution is 0.190. The van der Waals surface area contributed by atoms with Crippen LogP contribution in [-0.4, -0.2) is 35.6 Å². The monoisotopic (exact) mass is 219 g/mol. The molecule has 1 N–H and O–H groups in total. The SMILES string of the molecule is Cc1ccnc(NC2CCN(C)C(C)C2)c1. The Labute approximate surface area is 97.9 Å². The fourth-order valence-electron chi connectivity index (χ4n) is 2.24. The van der Waals surface area contributed by atoms with Crippen molar-refractivity contribution in [3.8, 4) is 0 Å². The molecule has 1 aliphatic rings. The first kappa shape index (κ1) is 11.4. The summed E-state index contributed by atoms with van der Waals surface area (Å²) in [6.45, 7) is 5.56. The van der Waals surface area contributed by atoms with E-state index in [4.69, 9.17) is 0 Å². The summed E-state index contributed by atoms with van der Waals surface area (Å²) in [6.07, 6.45) is 4.28. The second-order valence-corrected chi connectivity index (χ2v) is 4.91. The zero-order valence-corrected chi connectivity index (χ0v) is 10.4. The van der Waals surface area contributed by atoms with Gasteiger partial charge >= 0.3 is 0 Å². The first-order valence-electron chi connectivity index (χ1n) is 6.04. The molecule has 88 valence electrons. The van der Waals surface area contributed by atoms with Crippen LogP contribution < -0.4 is 5.32 Å². The van der Waals surface area contributed by atoms with Crippen LogP contribution in [0.25, 0.3) is 0 Å². The molecule has 0 aliphatic carbocycles. The maximum absolute atomic E-state index is 4.35. The van der Waals surface area contributed by atoms with Crippen LogP contribution >= 0.6 is 0 Å². The minimum atomic E-state index is 0.570. The van der Waals surface area contributed by atoms with Gasteiger partial charge in [0.2, 0.25) is 0 Å². The summed E-state index contributed by atoms with van der Waals surface area (Å²) in [7, 11) is 2.20. The molecule has 0 aromatic carbocycles. The van der Waals surface area contributed by atoms with Crippen LogP contribution in [0.1, 0.15) is 25.3 Å². The molecule has 1 aliphatic heterocycles. The van der Waals surface area contributed by atoms with Crippen LogP contribution in [0.3, 0.4) is 0 Å². The Morgan fingerprint density at radius 3 is 3.00 bits per heavy atom. The third-order valence-corrected chi connectivity index (χ3v) is 3.48. The van der Waals surface area contributed by atoms with E-state index >= 15 is 0 Å². The van der Waals surface area contributed by atoms with E-state index < -0.39 is 0 Å². The van der Waals surface area contributed by atoms with Crippen molar-refractivity contribution in [1.29, 1.82) is 0 Å². The van der Waals surface area contributed by atoms with Gasteiger partial charge in [-0.25, -0.2) is 4.98 Å². The minimum absolute atomic E-state index is 0.570. The molecule has 0 amide bonds. The third kappa shape index (κ3) is 2.73. The van der Waals surface area contributed by atoms with E-state index in [9.17, 15) is 0 Å². The molecule has 0 saturated carbocycles. The molecule has 1 saturated heterocycles. The number of aryl methyl sites for hydroxylation is 1. The van der Waals surface area contributed by atoms with Crippen LogP contribution in [0.2, 0.25) is 0 Å². The summed E-state index contributed by atoms with van der Waals surface area (Å²) in [5.74, 6) is 1.02. The molecule has 2 rings (SSSR count). The molecule has 1 fully saturated rings. The van der Waals surface area contributed by atoms with Gasteiger partial charge in [0.25, 0.3) is 0 Å². The Morgan fingerprint density at radius 2 is 2.31 bits per heavy atom. The number of nitrogens with one attached hydrogen (secondary N) is 1. The van der Waals surface area contributed by atoms with Crippen LogP contribution in [0, 0.1) is 6.92 Å². The highest BCUT2D eigenvalue weighted by Crippen LogP contribution is 2.19. The first-order valence-corrected chi connectivity index (χ1v) is 6.04. The average Bonchev–Trinajstić information content (AvgIpc) is 2.24. The van der Waals surface area contributed by atoms with Gasteiger partial charge in [-0.1, -0.05) is 0 Å². The number of aromatic nitrogens is 1. The van der Waals surface area contributed by atoms with Crippen molar-refractivity contribution in [2.75, 3.05) is 18.9 Å². The Balaban J connectivity index is 1.95. The summed E-state index contributed by atoms with van der Waals surface area (Å²) in [6, 6.07) is 5.38. The van der Waals surface area contributed by atoms with E-state index in [1.165, 1.54) is 24.9 Å². The average molecular weight is 219 g/mol. The number of piperidine rings is 1. The Hall–Kier alpha value is -1.09. The number of likely N-dealkylation sites (tertiary alicyclic amines) is 1. The van der Waals surface area contributed by atoms with E-state index in [1.807, 2.05) is 12.3 Å². The first-order chi connectivity index (χ1) is 7.65. The highest BCUT2D eigenvalue weighted by atomic mass is 15.1. The maximum atomic E-state index is 4.35. The quantitative estimate of drug-likeness (QED) is 0.827. The summed E-state index contributed by atoms with van der Waals surface area (Å²) in [5, 5.41) is 3.53. The van der Waals surface area contributed by atoms with Crippen molar-refractivity contribution in [3.05, 3.63) is 23.9 Å². The molecule has 2 heterocycles. The largest absolute Gasteiger partial charge is 0.367 e. The molecule has 2 unspecified atom stereocenters. The number of hydrogen-bond acceptors (Lipinski definition) is 3. The predicted octanol–water partition coefficient (Wildman–Crippen LogP) is 2.28. The van der Waals surface area contributed by atoms with Gasteiger partial charge in [-0.15, -0.1) is 0 Å². The molecule has 2 atom stereocenters. The lowest BCUT2D eigenvalue weighted by Gasteiger charge is -2.35. The van der Waals surface area contributed by atoms with Crippen molar-refractivity contribution in [2.24, 2.45) is 0 Å². The molecular weight excluding hydrogens is 198 g/mol. The van der Waals surface area contributed by atoms with Gasteiger partial charge in [0.15, 0.2) is 0 Å². The lowest BCUT2D eigenvalue weighted by Crippen LogP contribution is -2.42. The Kier molecular flexibility index (Phi) is 3.44. The second kappa shape index (κ2) is 4.83. The van der Waals surface area contributed by atoms with Crippen LogP contribution in [0.15, 0.2) is 18.3 Å². The highest BCUT2D eigenvalue weighted by molar-refractivity contribution is 5.38. The van der Waals surface area contributed by atoms with E-state index in [0.717, 1.165) is 5.82 Å². The van der Waals surface area contributed by atoms with Crippen LogP contribution in [0.5, 0.6) is 0 Å². The van der Waals surface area contributed by atoms with Crippen molar-refractivity contribution >= 4 is 5.82 Å². The molecular formula is C13H21N3. The van der Waals surface area contributed by atoms with Crippen molar-refractivity contribution in [3.63, 3.8) is 0 Å². The smallest absolute Gasteiger partial charge is 0.126 e. The van der Waals surface area contributed by atoms with Gasteiger partial charge < -0.3 is 10.2 Å². The summed E-state index contributed by atoms with van der Waals surface area (Å²) < 4.78 is 0. The Bertz CT molecular complexity index is 351. The standard InChI is InChI=1S/C13H21N3/c1-10-4-6-14-13(8-10)15-12-5-7-16(3)11(2)9-12/h4,6,8,11-12H,5,7,9H2,1-3H3,(H,14,15). The lowest BCUT2D eigenvalue weighted by atomic mass is 9.99. The van der Waals surface area contributed by atoms with Gasteiger partial charge in [-0.2, -0.15) is 0 Å². The van der Waals surface area contributed by atoms with Crippen LogP contribution in [-0.2, 0) is 0 Å². The molecule has 1 aromatic heterocycles. The molecule has 0 spiro atoms. The number of pyridine rings is 1. The van der Waals surface area contributed by atoms with E-state index in [-0.39, 0.29) is 0 Å². The van der Waals surface area contributed by atoms with Crippen molar-refractivity contribution in [1.82, 2.24) is 9.88 Å². The Morgan fingerprint density at radius 1 is 1.50 bits per heavy atom. The van der Waals surface area contributed by atoms with Gasteiger partial charge in [-0.05, 0) is 51.4 Å². The zero-order valence-electron chi connectivity index (χ0n) is 10.4.